The quantitative estimate of drug-likeness (QED) is 0.876. The van der Waals surface area contributed by atoms with Crippen molar-refractivity contribution in [3.63, 3.8) is 0 Å². The van der Waals surface area contributed by atoms with E-state index >= 15 is 0 Å². The second-order valence-electron chi connectivity index (χ2n) is 4.75. The van der Waals surface area contributed by atoms with Crippen LogP contribution in [0.15, 0.2) is 12.1 Å². The Kier molecular flexibility index (Phi) is 4.17. The van der Waals surface area contributed by atoms with Crippen LogP contribution < -0.4 is 19.9 Å². The van der Waals surface area contributed by atoms with Gasteiger partial charge in [-0.15, -0.1) is 0 Å². The summed E-state index contributed by atoms with van der Waals surface area (Å²) in [5, 5.41) is 0. The molecule has 0 saturated heterocycles. The van der Waals surface area contributed by atoms with Crippen molar-refractivity contribution >= 4 is 0 Å². The lowest BCUT2D eigenvalue weighted by Gasteiger charge is -2.41. The van der Waals surface area contributed by atoms with E-state index in [-0.39, 0.29) is 18.2 Å². The average molecular weight is 267 g/mol. The molecule has 0 aromatic heterocycles. The second kappa shape index (κ2) is 5.67. The zero-order valence-electron chi connectivity index (χ0n) is 11.8. The molecular formula is C14H21NO4. The Morgan fingerprint density at radius 2 is 1.68 bits per heavy atom. The summed E-state index contributed by atoms with van der Waals surface area (Å²) in [6.07, 6.45) is 0.611. The fourth-order valence-electron chi connectivity index (χ4n) is 2.34. The van der Waals surface area contributed by atoms with Gasteiger partial charge in [-0.25, -0.2) is 0 Å². The molecule has 106 valence electrons. The van der Waals surface area contributed by atoms with Crippen LogP contribution in [0.1, 0.15) is 12.0 Å². The molecule has 1 aromatic carbocycles. The number of aryl methyl sites for hydroxylation is 1. The monoisotopic (exact) mass is 267 g/mol. The summed E-state index contributed by atoms with van der Waals surface area (Å²) in [5.41, 5.74) is 6.93. The molecule has 1 aliphatic rings. The smallest absolute Gasteiger partial charge is 0.203 e. The summed E-state index contributed by atoms with van der Waals surface area (Å²) in [6, 6.07) is 3.86. The van der Waals surface area contributed by atoms with Gasteiger partial charge in [-0.05, 0) is 24.6 Å². The number of methoxy groups -OCH3 is 3. The summed E-state index contributed by atoms with van der Waals surface area (Å²) in [6.45, 7) is 1.98. The standard InChI is InChI=1S/C14H21NO4/c1-8-5-10(16-2)14(11(6-8)17-3)19-12-7-9(15)13(12)18-4/h5-6,9,12-13H,7,15H2,1-4H3. The molecule has 5 nitrogen and oxygen atoms in total. The van der Waals surface area contributed by atoms with E-state index in [4.69, 9.17) is 24.7 Å². The van der Waals surface area contributed by atoms with Gasteiger partial charge in [0.05, 0.1) is 14.2 Å². The molecule has 2 N–H and O–H groups in total. The van der Waals surface area contributed by atoms with Crippen molar-refractivity contribution in [3.8, 4) is 17.2 Å². The van der Waals surface area contributed by atoms with Gasteiger partial charge in [-0.3, -0.25) is 0 Å². The van der Waals surface area contributed by atoms with E-state index in [0.29, 0.717) is 17.2 Å². The van der Waals surface area contributed by atoms with E-state index in [1.807, 2.05) is 19.1 Å². The van der Waals surface area contributed by atoms with Crippen LogP contribution in [0.5, 0.6) is 17.2 Å². The Balaban J connectivity index is 2.24. The highest BCUT2D eigenvalue weighted by Crippen LogP contribution is 2.41. The number of benzene rings is 1. The van der Waals surface area contributed by atoms with Crippen LogP contribution in [0, 0.1) is 6.92 Å². The van der Waals surface area contributed by atoms with Crippen molar-refractivity contribution in [1.29, 1.82) is 0 Å². The maximum atomic E-state index is 5.97. The molecule has 0 radical (unpaired) electrons. The average Bonchev–Trinajstić information content (AvgIpc) is 2.39. The first-order valence-electron chi connectivity index (χ1n) is 6.28. The topological polar surface area (TPSA) is 62.9 Å². The van der Waals surface area contributed by atoms with Gasteiger partial charge in [-0.2, -0.15) is 0 Å². The van der Waals surface area contributed by atoms with Crippen molar-refractivity contribution in [2.45, 2.75) is 31.6 Å². The molecule has 0 spiro atoms. The Bertz CT molecular complexity index is 424. The Morgan fingerprint density at radius 3 is 2.11 bits per heavy atom. The van der Waals surface area contributed by atoms with E-state index < -0.39 is 0 Å². The predicted molar refractivity (Wildman–Crippen MR) is 72.1 cm³/mol. The van der Waals surface area contributed by atoms with Gasteiger partial charge in [0, 0.05) is 19.6 Å². The maximum Gasteiger partial charge on any atom is 0.203 e. The van der Waals surface area contributed by atoms with Crippen molar-refractivity contribution < 1.29 is 18.9 Å². The number of rotatable bonds is 5. The zero-order chi connectivity index (χ0) is 14.0. The fourth-order valence-corrected chi connectivity index (χ4v) is 2.34. The van der Waals surface area contributed by atoms with Crippen molar-refractivity contribution in [2.24, 2.45) is 5.73 Å². The van der Waals surface area contributed by atoms with Crippen molar-refractivity contribution in [1.82, 2.24) is 0 Å². The van der Waals surface area contributed by atoms with Crippen LogP contribution >= 0.6 is 0 Å². The zero-order valence-corrected chi connectivity index (χ0v) is 11.8. The van der Waals surface area contributed by atoms with Gasteiger partial charge in [-0.1, -0.05) is 0 Å². The second-order valence-corrected chi connectivity index (χ2v) is 4.75. The van der Waals surface area contributed by atoms with Gasteiger partial charge in [0.25, 0.3) is 0 Å². The first-order chi connectivity index (χ1) is 9.10. The van der Waals surface area contributed by atoms with Crippen LogP contribution in [-0.2, 0) is 4.74 Å². The molecule has 1 saturated carbocycles. The normalized spacial score (nSPS) is 25.6. The molecule has 1 aliphatic carbocycles. The van der Waals surface area contributed by atoms with Gasteiger partial charge < -0.3 is 24.7 Å². The van der Waals surface area contributed by atoms with Crippen LogP contribution in [0.25, 0.3) is 0 Å². The Hall–Kier alpha value is -1.46. The SMILES string of the molecule is COc1cc(C)cc(OC)c1OC1CC(N)C1OC. The summed E-state index contributed by atoms with van der Waals surface area (Å²) < 4.78 is 22.0. The molecule has 1 fully saturated rings. The lowest BCUT2D eigenvalue weighted by atomic mass is 9.86. The van der Waals surface area contributed by atoms with Crippen molar-refractivity contribution in [3.05, 3.63) is 17.7 Å². The van der Waals surface area contributed by atoms with Gasteiger partial charge in [0.1, 0.15) is 12.2 Å². The molecule has 5 heteroatoms. The fraction of sp³-hybridized carbons (Fsp3) is 0.571. The molecule has 0 amide bonds. The molecule has 2 rings (SSSR count). The molecular weight excluding hydrogens is 246 g/mol. The predicted octanol–water partition coefficient (Wildman–Crippen LogP) is 1.51. The molecule has 1 aromatic rings. The van der Waals surface area contributed by atoms with Gasteiger partial charge in [0.2, 0.25) is 5.75 Å². The number of nitrogens with two attached hydrogens (primary N) is 1. The third-order valence-electron chi connectivity index (χ3n) is 3.44. The summed E-state index contributed by atoms with van der Waals surface area (Å²) >= 11 is 0. The lowest BCUT2D eigenvalue weighted by molar-refractivity contribution is -0.0794. The third-order valence-corrected chi connectivity index (χ3v) is 3.44. The minimum absolute atomic E-state index is 0.0254. The van der Waals surface area contributed by atoms with E-state index in [1.165, 1.54) is 0 Å². The number of hydrogen-bond acceptors (Lipinski definition) is 5. The number of hydrogen-bond donors (Lipinski definition) is 1. The van der Waals surface area contributed by atoms with Crippen LogP contribution in [0.4, 0.5) is 0 Å². The first-order valence-corrected chi connectivity index (χ1v) is 6.28. The molecule has 0 bridgehead atoms. The van der Waals surface area contributed by atoms with E-state index in [2.05, 4.69) is 0 Å². The van der Waals surface area contributed by atoms with E-state index in [0.717, 1.165) is 12.0 Å². The van der Waals surface area contributed by atoms with E-state index in [1.54, 1.807) is 21.3 Å². The molecule has 0 heterocycles. The highest BCUT2D eigenvalue weighted by molar-refractivity contribution is 5.53. The number of ether oxygens (including phenoxy) is 4. The third kappa shape index (κ3) is 2.62. The van der Waals surface area contributed by atoms with Crippen molar-refractivity contribution in [2.75, 3.05) is 21.3 Å². The Morgan fingerprint density at radius 1 is 1.11 bits per heavy atom. The summed E-state index contributed by atoms with van der Waals surface area (Å²) in [7, 11) is 4.87. The molecule has 0 aliphatic heterocycles. The minimum Gasteiger partial charge on any atom is -0.493 e. The summed E-state index contributed by atoms with van der Waals surface area (Å²) in [4.78, 5) is 0. The lowest BCUT2D eigenvalue weighted by Crippen LogP contribution is -2.59. The van der Waals surface area contributed by atoms with Gasteiger partial charge in [0.15, 0.2) is 11.5 Å². The maximum absolute atomic E-state index is 5.97. The van der Waals surface area contributed by atoms with Crippen LogP contribution in [0.2, 0.25) is 0 Å². The highest BCUT2D eigenvalue weighted by atomic mass is 16.6. The largest absolute Gasteiger partial charge is 0.493 e. The first kappa shape index (κ1) is 14.0. The minimum atomic E-state index is -0.0873. The Labute approximate surface area is 113 Å². The van der Waals surface area contributed by atoms with E-state index in [9.17, 15) is 0 Å². The molecule has 19 heavy (non-hydrogen) atoms. The summed E-state index contributed by atoms with van der Waals surface area (Å²) in [5.74, 6) is 1.92. The van der Waals surface area contributed by atoms with Crippen LogP contribution in [-0.4, -0.2) is 39.6 Å². The molecule has 3 unspecified atom stereocenters. The van der Waals surface area contributed by atoms with Gasteiger partial charge >= 0.3 is 0 Å². The molecule has 3 atom stereocenters. The highest BCUT2D eigenvalue weighted by Gasteiger charge is 2.41. The van der Waals surface area contributed by atoms with Crippen LogP contribution in [0.3, 0.4) is 0 Å².